The minimum atomic E-state index is -6.65. The van der Waals surface area contributed by atoms with Gasteiger partial charge < -0.3 is 9.04 Å². The van der Waals surface area contributed by atoms with Crippen LogP contribution in [0.4, 0.5) is 39.5 Å². The van der Waals surface area contributed by atoms with E-state index in [9.17, 15) is 52.5 Å². The number of halogens is 9. The Hall–Kier alpha value is -0.760. The summed E-state index contributed by atoms with van der Waals surface area (Å²) in [6.07, 6.45) is -13.8. The molecule has 0 aliphatic carbocycles. The summed E-state index contributed by atoms with van der Waals surface area (Å²) in [6.45, 7) is 14.2. The standard InChI is InChI=1S/C8H20N.C6H5F9O3S/c1-5-9(6-2,7-3)8-4;7-1(3(9)10)2(8)5(12,13)6(14,15)4(11)19(16,17)18/h5-8H2,1-4H3;1-4H,(H,16,17,18)/q+1;/p-1. The van der Waals surface area contributed by atoms with E-state index in [1.807, 2.05) is 0 Å². The van der Waals surface area contributed by atoms with Crippen molar-refractivity contribution in [1.82, 2.24) is 0 Å². The molecule has 0 rings (SSSR count). The predicted octanol–water partition coefficient (Wildman–Crippen LogP) is 3.92. The number of quaternary nitrogens is 1. The van der Waals surface area contributed by atoms with E-state index in [4.69, 9.17) is 0 Å². The summed E-state index contributed by atoms with van der Waals surface area (Å²) in [4.78, 5) is 0. The highest BCUT2D eigenvalue weighted by Gasteiger charge is 2.70. The Morgan fingerprint density at radius 3 is 1.29 bits per heavy atom. The molecule has 0 saturated heterocycles. The van der Waals surface area contributed by atoms with Crippen LogP contribution in [-0.4, -0.2) is 79.8 Å². The predicted molar refractivity (Wildman–Crippen MR) is 82.7 cm³/mol. The summed E-state index contributed by atoms with van der Waals surface area (Å²) in [6, 6.07) is 0. The van der Waals surface area contributed by atoms with E-state index in [1.165, 1.54) is 30.7 Å². The molecule has 0 aliphatic rings. The first-order valence-electron chi connectivity index (χ1n) is 8.17. The zero-order valence-electron chi connectivity index (χ0n) is 15.6. The van der Waals surface area contributed by atoms with Crippen LogP contribution in [0.5, 0.6) is 0 Å². The van der Waals surface area contributed by atoms with Crippen LogP contribution >= 0.6 is 0 Å². The minimum Gasteiger partial charge on any atom is -0.746 e. The topological polar surface area (TPSA) is 57.2 Å². The van der Waals surface area contributed by atoms with Crippen LogP contribution < -0.4 is 0 Å². The molecule has 4 nitrogen and oxygen atoms in total. The van der Waals surface area contributed by atoms with Crippen LogP contribution in [0.2, 0.25) is 0 Å². The van der Waals surface area contributed by atoms with Gasteiger partial charge >= 0.3 is 11.8 Å². The average Bonchev–Trinajstić information content (AvgIpc) is 2.61. The molecule has 172 valence electrons. The third kappa shape index (κ3) is 6.94. The van der Waals surface area contributed by atoms with Crippen LogP contribution in [0.15, 0.2) is 0 Å². The number of hydrogen-bond donors (Lipinski definition) is 0. The summed E-state index contributed by atoms with van der Waals surface area (Å²) >= 11 is 0. The van der Waals surface area contributed by atoms with Gasteiger partial charge in [0.05, 0.1) is 26.2 Å². The molecule has 0 aromatic heterocycles. The summed E-state index contributed by atoms with van der Waals surface area (Å²) < 4.78 is 142. The van der Waals surface area contributed by atoms with Crippen molar-refractivity contribution >= 4 is 10.1 Å². The molecule has 3 unspecified atom stereocenters. The van der Waals surface area contributed by atoms with Gasteiger partial charge in [-0.15, -0.1) is 0 Å². The fourth-order valence-electron chi connectivity index (χ4n) is 2.19. The molecule has 0 N–H and O–H groups in total. The Balaban J connectivity index is 0. The van der Waals surface area contributed by atoms with Crippen LogP contribution in [0.3, 0.4) is 0 Å². The van der Waals surface area contributed by atoms with Crippen molar-refractivity contribution in [3.63, 3.8) is 0 Å². The van der Waals surface area contributed by atoms with Gasteiger partial charge in [-0.25, -0.2) is 30.4 Å². The maximum Gasteiger partial charge on any atom is 0.356 e. The lowest BCUT2D eigenvalue weighted by Crippen LogP contribution is -2.58. The lowest BCUT2D eigenvalue weighted by atomic mass is 10.0. The molecule has 0 aliphatic heterocycles. The molecule has 0 aromatic rings. The van der Waals surface area contributed by atoms with Crippen LogP contribution in [0.25, 0.3) is 0 Å². The molecule has 0 bridgehead atoms. The lowest BCUT2D eigenvalue weighted by molar-refractivity contribution is -0.921. The second-order valence-corrected chi connectivity index (χ2v) is 7.24. The number of nitrogens with zero attached hydrogens (tertiary/aromatic N) is 1. The summed E-state index contributed by atoms with van der Waals surface area (Å²) in [5.41, 5.74) is -5.13. The van der Waals surface area contributed by atoms with E-state index in [0.717, 1.165) is 0 Å². The van der Waals surface area contributed by atoms with Crippen molar-refractivity contribution in [2.24, 2.45) is 0 Å². The molecule has 0 aromatic carbocycles. The van der Waals surface area contributed by atoms with Gasteiger partial charge in [-0.1, -0.05) is 0 Å². The van der Waals surface area contributed by atoms with Crippen LogP contribution in [0, 0.1) is 0 Å². The van der Waals surface area contributed by atoms with E-state index >= 15 is 0 Å². The second kappa shape index (κ2) is 10.9. The van der Waals surface area contributed by atoms with Gasteiger partial charge in [-0.3, -0.25) is 0 Å². The van der Waals surface area contributed by atoms with Crippen LogP contribution in [-0.2, 0) is 10.1 Å². The fourth-order valence-corrected chi connectivity index (χ4v) is 2.71. The van der Waals surface area contributed by atoms with E-state index in [1.54, 1.807) is 0 Å². The van der Waals surface area contributed by atoms with Crippen molar-refractivity contribution in [2.75, 3.05) is 26.2 Å². The summed E-state index contributed by atoms with van der Waals surface area (Å²) in [7, 11) is -6.65. The van der Waals surface area contributed by atoms with Gasteiger partial charge in [0, 0.05) is 0 Å². The average molecular weight is 457 g/mol. The maximum atomic E-state index is 12.6. The maximum absolute atomic E-state index is 12.6. The Kier molecular flexibility index (Phi) is 11.4. The van der Waals surface area contributed by atoms with Crippen molar-refractivity contribution < 1.29 is 57.0 Å². The van der Waals surface area contributed by atoms with Gasteiger partial charge in [-0.2, -0.15) is 17.6 Å². The van der Waals surface area contributed by atoms with Crippen molar-refractivity contribution in [3.05, 3.63) is 0 Å². The van der Waals surface area contributed by atoms with Gasteiger partial charge in [0.2, 0.25) is 6.17 Å². The SMILES string of the molecule is CC[N+](CC)(CC)CC.O=S(=O)([O-])C(F)C(F)(F)C(F)(F)C(F)C(F)C(F)F. The molecule has 0 radical (unpaired) electrons. The Bertz CT molecular complexity index is 539. The van der Waals surface area contributed by atoms with Gasteiger partial charge in [0.25, 0.3) is 11.9 Å². The molecule has 28 heavy (non-hydrogen) atoms. The minimum absolute atomic E-state index is 1.28. The molecule has 0 saturated carbocycles. The molecule has 0 spiro atoms. The smallest absolute Gasteiger partial charge is 0.356 e. The van der Waals surface area contributed by atoms with E-state index in [0.29, 0.717) is 0 Å². The third-order valence-electron chi connectivity index (χ3n) is 4.53. The van der Waals surface area contributed by atoms with E-state index < -0.39 is 46.2 Å². The first-order chi connectivity index (χ1) is 12.4. The zero-order valence-corrected chi connectivity index (χ0v) is 16.4. The Morgan fingerprint density at radius 1 is 0.786 bits per heavy atom. The molecular weight excluding hydrogens is 433 g/mol. The molecule has 0 amide bonds. The quantitative estimate of drug-likeness (QED) is 0.284. The van der Waals surface area contributed by atoms with Gasteiger partial charge in [0.15, 0.2) is 6.17 Å². The van der Waals surface area contributed by atoms with E-state index in [-0.39, 0.29) is 0 Å². The highest BCUT2D eigenvalue weighted by atomic mass is 32.2. The number of hydrogen-bond acceptors (Lipinski definition) is 3. The fraction of sp³-hybridized carbons (Fsp3) is 1.00. The summed E-state index contributed by atoms with van der Waals surface area (Å²) in [5, 5.41) is 0. The second-order valence-electron chi connectivity index (χ2n) is 5.84. The molecule has 3 atom stereocenters. The summed E-state index contributed by atoms with van der Waals surface area (Å²) in [5.74, 6) is -13.0. The Morgan fingerprint density at radius 2 is 1.11 bits per heavy atom. The molecule has 0 fully saturated rings. The van der Waals surface area contributed by atoms with Crippen LogP contribution in [0.1, 0.15) is 27.7 Å². The van der Waals surface area contributed by atoms with Crippen molar-refractivity contribution in [2.45, 2.75) is 63.8 Å². The number of alkyl halides is 9. The monoisotopic (exact) mass is 457 g/mol. The first kappa shape index (κ1) is 29.4. The van der Waals surface area contributed by atoms with Crippen molar-refractivity contribution in [1.29, 1.82) is 0 Å². The normalized spacial score (nSPS) is 17.0. The zero-order chi connectivity index (χ0) is 23.1. The molecule has 14 heteroatoms. The molecule has 0 heterocycles. The third-order valence-corrected chi connectivity index (χ3v) is 5.34. The highest BCUT2D eigenvalue weighted by Crippen LogP contribution is 2.45. The molecular formula is C14H24F9NO3S. The largest absolute Gasteiger partial charge is 0.746 e. The van der Waals surface area contributed by atoms with Gasteiger partial charge in [0.1, 0.15) is 10.1 Å². The highest BCUT2D eigenvalue weighted by molar-refractivity contribution is 7.86. The number of rotatable bonds is 10. The van der Waals surface area contributed by atoms with Crippen molar-refractivity contribution in [3.8, 4) is 0 Å². The lowest BCUT2D eigenvalue weighted by Gasteiger charge is -2.34. The van der Waals surface area contributed by atoms with Gasteiger partial charge in [-0.05, 0) is 27.7 Å². The van der Waals surface area contributed by atoms with E-state index in [2.05, 4.69) is 27.7 Å². The Labute approximate surface area is 158 Å². The first-order valence-corrected chi connectivity index (χ1v) is 9.64.